The first-order valence-corrected chi connectivity index (χ1v) is 6.74. The molecule has 3 N–H and O–H groups in total. The van der Waals surface area contributed by atoms with E-state index in [-0.39, 0.29) is 12.4 Å². The summed E-state index contributed by atoms with van der Waals surface area (Å²) >= 11 is 0. The Labute approximate surface area is 117 Å². The number of nitrogens with two attached hydrogens (primary N) is 1. The molecule has 1 aliphatic rings. The van der Waals surface area contributed by atoms with E-state index in [2.05, 4.69) is 9.80 Å². The molecule has 0 radical (unpaired) electrons. The summed E-state index contributed by atoms with van der Waals surface area (Å²) in [7, 11) is 0. The Kier molecular flexibility index (Phi) is 5.05. The lowest BCUT2D eigenvalue weighted by Crippen LogP contribution is -2.46. The molecule has 1 aromatic rings. The van der Waals surface area contributed by atoms with Crippen molar-refractivity contribution in [3.8, 4) is 0 Å². The smallest absolute Gasteiger partial charge is 0.248 e. The average molecular weight is 281 g/mol. The van der Waals surface area contributed by atoms with Gasteiger partial charge in [-0.3, -0.25) is 14.6 Å². The van der Waals surface area contributed by atoms with E-state index in [0.717, 1.165) is 26.2 Å². The van der Waals surface area contributed by atoms with Gasteiger partial charge in [-0.25, -0.2) is 4.39 Å². The Morgan fingerprint density at radius 1 is 1.25 bits per heavy atom. The van der Waals surface area contributed by atoms with Crippen molar-refractivity contribution in [3.63, 3.8) is 0 Å². The molecule has 1 aromatic carbocycles. The average Bonchev–Trinajstić information content (AvgIpc) is 2.43. The normalized spacial score (nSPS) is 17.3. The summed E-state index contributed by atoms with van der Waals surface area (Å²) in [6.45, 7) is 4.67. The van der Waals surface area contributed by atoms with Gasteiger partial charge < -0.3 is 10.8 Å². The molecule has 6 heteroatoms. The zero-order chi connectivity index (χ0) is 14.5. The van der Waals surface area contributed by atoms with Crippen molar-refractivity contribution in [3.05, 3.63) is 35.1 Å². The quantitative estimate of drug-likeness (QED) is 0.799. The maximum absolute atomic E-state index is 13.8. The first kappa shape index (κ1) is 14.9. The second-order valence-electron chi connectivity index (χ2n) is 5.01. The molecule has 1 aliphatic heterocycles. The maximum Gasteiger partial charge on any atom is 0.248 e. The Balaban J connectivity index is 1.97. The minimum absolute atomic E-state index is 0.162. The van der Waals surface area contributed by atoms with Crippen LogP contribution in [-0.4, -0.2) is 60.1 Å². The van der Waals surface area contributed by atoms with Crippen LogP contribution in [0.3, 0.4) is 0 Å². The second-order valence-corrected chi connectivity index (χ2v) is 5.01. The number of amides is 1. The van der Waals surface area contributed by atoms with Crippen LogP contribution in [0.1, 0.15) is 15.9 Å². The van der Waals surface area contributed by atoms with Gasteiger partial charge >= 0.3 is 0 Å². The van der Waals surface area contributed by atoms with Crippen LogP contribution in [0.2, 0.25) is 0 Å². The van der Waals surface area contributed by atoms with Crippen molar-refractivity contribution in [2.45, 2.75) is 6.54 Å². The summed E-state index contributed by atoms with van der Waals surface area (Å²) < 4.78 is 13.8. The molecule has 0 aliphatic carbocycles. The number of hydrogen-bond acceptors (Lipinski definition) is 4. The summed E-state index contributed by atoms with van der Waals surface area (Å²) in [5.41, 5.74) is 6.04. The third-order valence-electron chi connectivity index (χ3n) is 3.61. The van der Waals surface area contributed by atoms with Gasteiger partial charge in [0.15, 0.2) is 0 Å². The summed E-state index contributed by atoms with van der Waals surface area (Å²) in [6, 6.07) is 4.22. The number of halogens is 1. The highest BCUT2D eigenvalue weighted by molar-refractivity contribution is 5.92. The van der Waals surface area contributed by atoms with Gasteiger partial charge in [0, 0.05) is 50.4 Å². The van der Waals surface area contributed by atoms with E-state index in [0.29, 0.717) is 24.2 Å². The number of nitrogens with zero attached hydrogens (tertiary/aromatic N) is 2. The topological polar surface area (TPSA) is 69.8 Å². The van der Waals surface area contributed by atoms with Gasteiger partial charge in [0.05, 0.1) is 6.61 Å². The van der Waals surface area contributed by atoms with E-state index in [4.69, 9.17) is 10.8 Å². The molecule has 110 valence electrons. The molecule has 2 rings (SSSR count). The van der Waals surface area contributed by atoms with Gasteiger partial charge in [-0.1, -0.05) is 0 Å². The van der Waals surface area contributed by atoms with E-state index in [1.807, 2.05) is 0 Å². The number of β-amino-alcohol motifs (C(OH)–C–C–N with tert-alkyl or cyclic N) is 1. The lowest BCUT2D eigenvalue weighted by atomic mass is 10.1. The molecule has 5 nitrogen and oxygen atoms in total. The van der Waals surface area contributed by atoms with Gasteiger partial charge in [0.2, 0.25) is 5.91 Å². The summed E-state index contributed by atoms with van der Waals surface area (Å²) in [4.78, 5) is 15.4. The SMILES string of the molecule is NC(=O)c1ccc(F)c(CN2CCN(CCO)CC2)c1. The number of primary amides is 1. The van der Waals surface area contributed by atoms with E-state index in [9.17, 15) is 9.18 Å². The molecular formula is C14H20FN3O2. The van der Waals surface area contributed by atoms with Gasteiger partial charge in [-0.2, -0.15) is 0 Å². The van der Waals surface area contributed by atoms with Crippen molar-refractivity contribution in [2.24, 2.45) is 5.73 Å². The molecule has 1 amide bonds. The summed E-state index contributed by atoms with van der Waals surface area (Å²) in [5.74, 6) is -0.855. The lowest BCUT2D eigenvalue weighted by molar-refractivity contribution is 0.0999. The van der Waals surface area contributed by atoms with Crippen LogP contribution in [0.4, 0.5) is 4.39 Å². The number of piperazine rings is 1. The number of hydrogen-bond donors (Lipinski definition) is 2. The molecule has 0 unspecified atom stereocenters. The van der Waals surface area contributed by atoms with Crippen molar-refractivity contribution in [2.75, 3.05) is 39.3 Å². The fourth-order valence-electron chi connectivity index (χ4n) is 2.40. The maximum atomic E-state index is 13.8. The highest BCUT2D eigenvalue weighted by Gasteiger charge is 2.18. The number of aliphatic hydroxyl groups excluding tert-OH is 1. The van der Waals surface area contributed by atoms with Crippen LogP contribution in [0.5, 0.6) is 0 Å². The van der Waals surface area contributed by atoms with Crippen molar-refractivity contribution in [1.29, 1.82) is 0 Å². The van der Waals surface area contributed by atoms with Gasteiger partial charge in [-0.15, -0.1) is 0 Å². The van der Waals surface area contributed by atoms with Gasteiger partial charge in [0.1, 0.15) is 5.82 Å². The molecule has 1 fully saturated rings. The predicted octanol–water partition coefficient (Wildman–Crippen LogP) is 0.0345. The number of benzene rings is 1. The molecule has 20 heavy (non-hydrogen) atoms. The Hall–Kier alpha value is -1.50. The Bertz CT molecular complexity index is 473. The minimum atomic E-state index is -0.543. The van der Waals surface area contributed by atoms with Gasteiger partial charge in [-0.05, 0) is 18.2 Å². The fourth-order valence-corrected chi connectivity index (χ4v) is 2.40. The number of carbonyl (C=O) groups excluding carboxylic acids is 1. The van der Waals surface area contributed by atoms with Crippen LogP contribution in [0.25, 0.3) is 0 Å². The highest BCUT2D eigenvalue weighted by atomic mass is 19.1. The Morgan fingerprint density at radius 2 is 1.90 bits per heavy atom. The van der Waals surface area contributed by atoms with Crippen molar-refractivity contribution >= 4 is 5.91 Å². The van der Waals surface area contributed by atoms with Crippen LogP contribution in [0.15, 0.2) is 18.2 Å². The predicted molar refractivity (Wildman–Crippen MR) is 73.7 cm³/mol. The zero-order valence-corrected chi connectivity index (χ0v) is 11.4. The van der Waals surface area contributed by atoms with Crippen LogP contribution >= 0.6 is 0 Å². The molecule has 0 atom stereocenters. The van der Waals surface area contributed by atoms with E-state index < -0.39 is 5.91 Å². The molecule has 1 saturated heterocycles. The number of rotatable bonds is 5. The minimum Gasteiger partial charge on any atom is -0.395 e. The molecular weight excluding hydrogens is 261 g/mol. The Morgan fingerprint density at radius 3 is 2.50 bits per heavy atom. The van der Waals surface area contributed by atoms with Crippen LogP contribution in [0, 0.1) is 5.82 Å². The summed E-state index contributed by atoms with van der Waals surface area (Å²) in [5, 5.41) is 8.89. The molecule has 0 spiro atoms. The first-order chi connectivity index (χ1) is 9.60. The molecule has 0 saturated carbocycles. The van der Waals surface area contributed by atoms with E-state index >= 15 is 0 Å². The standard InChI is InChI=1S/C14H20FN3O2/c15-13-2-1-11(14(16)20)9-12(13)10-18-5-3-17(4-6-18)7-8-19/h1-2,9,19H,3-8,10H2,(H2,16,20). The summed E-state index contributed by atoms with van der Waals surface area (Å²) in [6.07, 6.45) is 0. The highest BCUT2D eigenvalue weighted by Crippen LogP contribution is 2.14. The van der Waals surface area contributed by atoms with E-state index in [1.54, 1.807) is 0 Å². The first-order valence-electron chi connectivity index (χ1n) is 6.74. The number of carbonyl (C=O) groups is 1. The third kappa shape index (κ3) is 3.75. The van der Waals surface area contributed by atoms with Gasteiger partial charge in [0.25, 0.3) is 0 Å². The number of aliphatic hydroxyl groups is 1. The second kappa shape index (κ2) is 6.78. The fraction of sp³-hybridized carbons (Fsp3) is 0.500. The van der Waals surface area contributed by atoms with E-state index in [1.165, 1.54) is 18.2 Å². The van der Waals surface area contributed by atoms with Crippen molar-refractivity contribution in [1.82, 2.24) is 9.80 Å². The van der Waals surface area contributed by atoms with Crippen LogP contribution in [-0.2, 0) is 6.54 Å². The zero-order valence-electron chi connectivity index (χ0n) is 11.4. The molecule has 0 aromatic heterocycles. The van der Waals surface area contributed by atoms with Crippen molar-refractivity contribution < 1.29 is 14.3 Å². The molecule has 0 bridgehead atoms. The molecule has 1 heterocycles. The lowest BCUT2D eigenvalue weighted by Gasteiger charge is -2.34. The third-order valence-corrected chi connectivity index (χ3v) is 3.61. The largest absolute Gasteiger partial charge is 0.395 e. The van der Waals surface area contributed by atoms with Crippen LogP contribution < -0.4 is 5.73 Å². The monoisotopic (exact) mass is 281 g/mol.